The number of nitrogens with zero attached hydrogens (tertiary/aromatic N) is 2. The number of likely N-dealkylation sites (tertiary alicyclic amines) is 1. The lowest BCUT2D eigenvalue weighted by Crippen LogP contribution is -2.28. The Morgan fingerprint density at radius 2 is 2.03 bits per heavy atom. The van der Waals surface area contributed by atoms with Gasteiger partial charge in [-0.2, -0.15) is 0 Å². The smallest absolute Gasteiger partial charge is 0.223 e. The third-order valence-electron chi connectivity index (χ3n) is 5.43. The molecule has 0 bridgehead atoms. The summed E-state index contributed by atoms with van der Waals surface area (Å²) in [5, 5.41) is 1.07. The number of methoxy groups -OCH3 is 1. The van der Waals surface area contributed by atoms with Crippen molar-refractivity contribution in [3.63, 3.8) is 0 Å². The molecule has 7 heteroatoms. The Hall–Kier alpha value is -2.50. The van der Waals surface area contributed by atoms with Crippen LogP contribution in [0.3, 0.4) is 0 Å². The maximum atomic E-state index is 12.7. The van der Waals surface area contributed by atoms with Crippen LogP contribution in [0, 0.1) is 0 Å². The molecule has 3 aromatic rings. The summed E-state index contributed by atoms with van der Waals surface area (Å²) in [6.45, 7) is 1.51. The number of halogens is 2. The summed E-state index contributed by atoms with van der Waals surface area (Å²) in [5.41, 5.74) is 1.97. The number of hydrogen-bond acceptors (Lipinski definition) is 4. The number of carbonyl (C=O) groups is 1. The summed E-state index contributed by atoms with van der Waals surface area (Å²) in [5.74, 6) is 2.42. The number of oxazole rings is 1. The zero-order valence-corrected chi connectivity index (χ0v) is 18.1. The predicted octanol–water partition coefficient (Wildman–Crippen LogP) is 5.61. The molecule has 0 radical (unpaired) electrons. The molecule has 1 aliphatic heterocycles. The molecule has 156 valence electrons. The summed E-state index contributed by atoms with van der Waals surface area (Å²) < 4.78 is 11.0. The van der Waals surface area contributed by atoms with E-state index in [1.54, 1.807) is 31.5 Å². The van der Waals surface area contributed by atoms with Gasteiger partial charge in [0.25, 0.3) is 0 Å². The Balaban J connectivity index is 1.32. The Labute approximate surface area is 185 Å². The fraction of sp³-hybridized carbons (Fsp3) is 0.304. The predicted molar refractivity (Wildman–Crippen MR) is 117 cm³/mol. The van der Waals surface area contributed by atoms with Gasteiger partial charge < -0.3 is 14.1 Å². The van der Waals surface area contributed by atoms with Gasteiger partial charge in [-0.15, -0.1) is 0 Å². The van der Waals surface area contributed by atoms with E-state index in [1.807, 2.05) is 17.0 Å². The van der Waals surface area contributed by atoms with E-state index in [1.165, 1.54) is 5.56 Å². The molecule has 1 saturated heterocycles. The minimum atomic E-state index is 0.121. The molecule has 0 spiro atoms. The van der Waals surface area contributed by atoms with Gasteiger partial charge in [-0.3, -0.25) is 4.79 Å². The third kappa shape index (κ3) is 4.63. The lowest BCUT2D eigenvalue weighted by Gasteiger charge is -2.16. The van der Waals surface area contributed by atoms with Crippen molar-refractivity contribution >= 4 is 29.1 Å². The molecule has 5 nitrogen and oxygen atoms in total. The molecule has 30 heavy (non-hydrogen) atoms. The lowest BCUT2D eigenvalue weighted by atomic mass is 9.98. The summed E-state index contributed by atoms with van der Waals surface area (Å²) in [6, 6.07) is 13.3. The van der Waals surface area contributed by atoms with Crippen molar-refractivity contribution in [1.82, 2.24) is 9.88 Å². The van der Waals surface area contributed by atoms with Crippen molar-refractivity contribution < 1.29 is 13.9 Å². The van der Waals surface area contributed by atoms with Gasteiger partial charge in [0.2, 0.25) is 5.91 Å². The quantitative estimate of drug-likeness (QED) is 0.495. The summed E-state index contributed by atoms with van der Waals surface area (Å²) >= 11 is 12.2. The second-order valence-corrected chi connectivity index (χ2v) is 8.18. The highest BCUT2D eigenvalue weighted by atomic mass is 35.5. The Morgan fingerprint density at radius 1 is 1.23 bits per heavy atom. The molecule has 1 aromatic heterocycles. The van der Waals surface area contributed by atoms with Crippen LogP contribution in [-0.2, 0) is 11.2 Å². The van der Waals surface area contributed by atoms with Gasteiger partial charge in [0.05, 0.1) is 18.3 Å². The summed E-state index contributed by atoms with van der Waals surface area (Å²) in [4.78, 5) is 18.9. The minimum absolute atomic E-state index is 0.121. The molecule has 2 heterocycles. The van der Waals surface area contributed by atoms with Gasteiger partial charge in [0.1, 0.15) is 5.75 Å². The molecule has 0 saturated carbocycles. The van der Waals surface area contributed by atoms with Crippen molar-refractivity contribution in [1.29, 1.82) is 0 Å². The number of aryl methyl sites for hydroxylation is 1. The van der Waals surface area contributed by atoms with Crippen molar-refractivity contribution in [3.8, 4) is 17.1 Å². The molecule has 1 unspecified atom stereocenters. The second kappa shape index (κ2) is 9.11. The largest absolute Gasteiger partial charge is 0.497 e. The number of ether oxygens (including phenoxy) is 1. The van der Waals surface area contributed by atoms with Crippen LogP contribution in [0.15, 0.2) is 53.1 Å². The molecule has 1 atom stereocenters. The van der Waals surface area contributed by atoms with E-state index in [2.05, 4.69) is 17.1 Å². The van der Waals surface area contributed by atoms with Crippen LogP contribution in [-0.4, -0.2) is 36.0 Å². The van der Waals surface area contributed by atoms with Crippen LogP contribution in [0.4, 0.5) is 0 Å². The van der Waals surface area contributed by atoms with Crippen LogP contribution < -0.4 is 4.74 Å². The van der Waals surface area contributed by atoms with E-state index in [0.717, 1.165) is 30.8 Å². The van der Waals surface area contributed by atoms with E-state index in [9.17, 15) is 4.79 Å². The average molecular weight is 445 g/mol. The Morgan fingerprint density at radius 3 is 2.77 bits per heavy atom. The van der Waals surface area contributed by atoms with Crippen molar-refractivity contribution in [3.05, 3.63) is 70.2 Å². The van der Waals surface area contributed by atoms with Gasteiger partial charge in [-0.1, -0.05) is 35.3 Å². The van der Waals surface area contributed by atoms with Gasteiger partial charge in [0, 0.05) is 42.4 Å². The molecular formula is C23H22Cl2N2O3. The van der Waals surface area contributed by atoms with Crippen LogP contribution in [0.1, 0.15) is 30.2 Å². The minimum Gasteiger partial charge on any atom is -0.497 e. The van der Waals surface area contributed by atoms with Crippen LogP contribution in [0.2, 0.25) is 10.0 Å². The second-order valence-electron chi connectivity index (χ2n) is 7.34. The van der Waals surface area contributed by atoms with E-state index in [-0.39, 0.29) is 5.91 Å². The maximum absolute atomic E-state index is 12.7. The van der Waals surface area contributed by atoms with Crippen molar-refractivity contribution in [2.75, 3.05) is 20.2 Å². The average Bonchev–Trinajstić information content (AvgIpc) is 3.42. The molecular weight excluding hydrogens is 423 g/mol. The highest BCUT2D eigenvalue weighted by Gasteiger charge is 2.27. The lowest BCUT2D eigenvalue weighted by molar-refractivity contribution is -0.130. The summed E-state index contributed by atoms with van der Waals surface area (Å²) in [7, 11) is 1.66. The zero-order valence-electron chi connectivity index (χ0n) is 16.6. The topological polar surface area (TPSA) is 55.6 Å². The SMILES string of the molecule is COc1ccc(C2CCN(C(=O)CCc3ncc(-c4ccc(Cl)cc4Cl)o3)C2)cc1. The van der Waals surface area contributed by atoms with E-state index in [0.29, 0.717) is 40.5 Å². The molecule has 0 aliphatic carbocycles. The standard InChI is InChI=1S/C23H22Cl2N2O3/c1-29-18-5-2-15(3-6-18)16-10-11-27(14-16)23(28)9-8-22-26-13-21(30-22)19-7-4-17(24)12-20(19)25/h2-7,12-13,16H,8-11,14H2,1H3. The first-order chi connectivity index (χ1) is 14.5. The van der Waals surface area contributed by atoms with E-state index in [4.69, 9.17) is 32.4 Å². The monoisotopic (exact) mass is 444 g/mol. The van der Waals surface area contributed by atoms with Gasteiger partial charge in [-0.05, 0) is 42.3 Å². The molecule has 1 amide bonds. The first kappa shape index (κ1) is 20.8. The fourth-order valence-corrected chi connectivity index (χ4v) is 4.25. The highest BCUT2D eigenvalue weighted by molar-refractivity contribution is 6.36. The number of carbonyl (C=O) groups excluding carboxylic acids is 1. The van der Waals surface area contributed by atoms with Gasteiger partial charge in [-0.25, -0.2) is 4.98 Å². The van der Waals surface area contributed by atoms with E-state index >= 15 is 0 Å². The summed E-state index contributed by atoms with van der Waals surface area (Å²) in [6.07, 6.45) is 3.41. The van der Waals surface area contributed by atoms with Crippen LogP contribution in [0.5, 0.6) is 5.75 Å². The fourth-order valence-electron chi connectivity index (χ4n) is 3.75. The Bertz CT molecular complexity index is 1030. The molecule has 1 fully saturated rings. The highest BCUT2D eigenvalue weighted by Crippen LogP contribution is 2.31. The number of rotatable bonds is 6. The third-order valence-corrected chi connectivity index (χ3v) is 5.98. The normalized spacial score (nSPS) is 16.1. The molecule has 1 aliphatic rings. The van der Waals surface area contributed by atoms with Gasteiger partial charge >= 0.3 is 0 Å². The van der Waals surface area contributed by atoms with Crippen LogP contribution >= 0.6 is 23.2 Å². The number of aromatic nitrogens is 1. The van der Waals surface area contributed by atoms with Crippen molar-refractivity contribution in [2.45, 2.75) is 25.2 Å². The molecule has 4 rings (SSSR count). The zero-order chi connectivity index (χ0) is 21.1. The maximum Gasteiger partial charge on any atom is 0.223 e. The molecule has 0 N–H and O–H groups in total. The molecule has 2 aromatic carbocycles. The number of hydrogen-bond donors (Lipinski definition) is 0. The van der Waals surface area contributed by atoms with Gasteiger partial charge in [0.15, 0.2) is 11.7 Å². The number of benzene rings is 2. The van der Waals surface area contributed by atoms with E-state index < -0.39 is 0 Å². The Kier molecular flexibility index (Phi) is 6.30. The van der Waals surface area contributed by atoms with Crippen molar-refractivity contribution in [2.24, 2.45) is 0 Å². The number of amides is 1. The first-order valence-corrected chi connectivity index (χ1v) is 10.6. The first-order valence-electron chi connectivity index (χ1n) is 9.85. The van der Waals surface area contributed by atoms with Crippen LogP contribution in [0.25, 0.3) is 11.3 Å².